The molecule has 0 saturated heterocycles. The van der Waals surface area contributed by atoms with E-state index in [-0.39, 0.29) is 16.8 Å². The van der Waals surface area contributed by atoms with Gasteiger partial charge in [-0.3, -0.25) is 4.79 Å². The number of carbonyl (C=O) groups is 1. The molecule has 1 heterocycles. The Morgan fingerprint density at radius 3 is 2.26 bits per heavy atom. The molecule has 1 aromatic carbocycles. The van der Waals surface area contributed by atoms with Crippen LogP contribution in [0.5, 0.6) is 0 Å². The Balaban J connectivity index is 2.34. The molecule has 2 rings (SSSR count). The number of halogens is 2. The highest BCUT2D eigenvalue weighted by Gasteiger charge is 2.19. The maximum Gasteiger partial charge on any atom is 0.203 e. The van der Waals surface area contributed by atoms with Crippen LogP contribution in [-0.2, 0) is 5.41 Å². The van der Waals surface area contributed by atoms with E-state index in [2.05, 4.69) is 20.8 Å². The van der Waals surface area contributed by atoms with Gasteiger partial charge in [-0.05, 0) is 35.7 Å². The van der Waals surface area contributed by atoms with E-state index in [0.717, 1.165) is 17.0 Å². The zero-order chi connectivity index (χ0) is 14.2. The Morgan fingerprint density at radius 1 is 1.05 bits per heavy atom. The first-order valence-corrected chi connectivity index (χ1v) is 6.71. The van der Waals surface area contributed by atoms with Crippen LogP contribution in [0.4, 0.5) is 8.78 Å². The monoisotopic (exact) mass is 280 g/mol. The van der Waals surface area contributed by atoms with Crippen LogP contribution in [-0.4, -0.2) is 5.78 Å². The molecule has 0 spiro atoms. The van der Waals surface area contributed by atoms with Gasteiger partial charge in [0.2, 0.25) is 5.78 Å². The van der Waals surface area contributed by atoms with Crippen molar-refractivity contribution in [1.29, 1.82) is 0 Å². The molecule has 0 N–H and O–H groups in total. The van der Waals surface area contributed by atoms with E-state index in [9.17, 15) is 13.6 Å². The molecular formula is C15H14F2OS. The molecule has 100 valence electrons. The van der Waals surface area contributed by atoms with Crippen molar-refractivity contribution in [3.05, 3.63) is 57.3 Å². The Kier molecular flexibility index (Phi) is 3.54. The van der Waals surface area contributed by atoms with Crippen molar-refractivity contribution in [3.8, 4) is 0 Å². The molecule has 1 nitrogen and oxygen atoms in total. The smallest absolute Gasteiger partial charge is 0.203 e. The fourth-order valence-corrected chi connectivity index (χ4v) is 2.67. The summed E-state index contributed by atoms with van der Waals surface area (Å²) in [5.74, 6) is -2.23. The highest BCUT2D eigenvalue weighted by atomic mass is 32.1. The topological polar surface area (TPSA) is 17.1 Å². The zero-order valence-electron chi connectivity index (χ0n) is 11.0. The molecule has 19 heavy (non-hydrogen) atoms. The molecule has 0 aliphatic rings. The van der Waals surface area contributed by atoms with E-state index in [4.69, 9.17) is 0 Å². The molecule has 0 aliphatic heterocycles. The molecule has 0 amide bonds. The van der Waals surface area contributed by atoms with E-state index in [1.165, 1.54) is 17.4 Å². The van der Waals surface area contributed by atoms with E-state index >= 15 is 0 Å². The van der Waals surface area contributed by atoms with Crippen LogP contribution < -0.4 is 0 Å². The molecule has 0 bridgehead atoms. The lowest BCUT2D eigenvalue weighted by Gasteiger charge is -2.15. The summed E-state index contributed by atoms with van der Waals surface area (Å²) in [5, 5.41) is 0. The normalized spacial score (nSPS) is 11.6. The van der Waals surface area contributed by atoms with Crippen LogP contribution in [0.25, 0.3) is 0 Å². The molecule has 0 aliphatic carbocycles. The van der Waals surface area contributed by atoms with Gasteiger partial charge < -0.3 is 0 Å². The minimum Gasteiger partial charge on any atom is -0.288 e. The van der Waals surface area contributed by atoms with E-state index in [1.54, 1.807) is 6.07 Å². The van der Waals surface area contributed by atoms with Crippen LogP contribution >= 0.6 is 11.3 Å². The Labute approximate surface area is 114 Å². The van der Waals surface area contributed by atoms with Gasteiger partial charge in [-0.2, -0.15) is 0 Å². The maximum atomic E-state index is 13.1. The van der Waals surface area contributed by atoms with Crippen LogP contribution in [0, 0.1) is 11.6 Å². The molecular weight excluding hydrogens is 266 g/mol. The molecule has 0 atom stereocenters. The number of thiophene rings is 1. The van der Waals surface area contributed by atoms with Crippen molar-refractivity contribution >= 4 is 17.1 Å². The fourth-order valence-electron chi connectivity index (χ4n) is 1.64. The lowest BCUT2D eigenvalue weighted by atomic mass is 9.95. The highest BCUT2D eigenvalue weighted by molar-refractivity contribution is 7.14. The summed E-state index contributed by atoms with van der Waals surface area (Å²) in [6, 6.07) is 6.85. The van der Waals surface area contributed by atoms with Crippen molar-refractivity contribution in [1.82, 2.24) is 0 Å². The van der Waals surface area contributed by atoms with Gasteiger partial charge in [-0.1, -0.05) is 20.8 Å². The molecule has 1 aromatic heterocycles. The van der Waals surface area contributed by atoms with Crippen LogP contribution in [0.2, 0.25) is 0 Å². The number of hydrogen-bond donors (Lipinski definition) is 0. The third kappa shape index (κ3) is 2.89. The van der Waals surface area contributed by atoms with Crippen molar-refractivity contribution < 1.29 is 13.6 Å². The van der Waals surface area contributed by atoms with Crippen LogP contribution in [0.3, 0.4) is 0 Å². The van der Waals surface area contributed by atoms with Gasteiger partial charge in [0, 0.05) is 10.4 Å². The quantitative estimate of drug-likeness (QED) is 0.737. The zero-order valence-corrected chi connectivity index (χ0v) is 11.8. The minimum absolute atomic E-state index is 0.0305. The van der Waals surface area contributed by atoms with Crippen molar-refractivity contribution in [2.45, 2.75) is 26.2 Å². The minimum atomic E-state index is -1.00. The van der Waals surface area contributed by atoms with Crippen LogP contribution in [0.1, 0.15) is 40.9 Å². The lowest BCUT2D eigenvalue weighted by Crippen LogP contribution is -2.08. The summed E-state index contributed by atoms with van der Waals surface area (Å²) in [6.45, 7) is 6.18. The third-order valence-electron chi connectivity index (χ3n) is 2.75. The van der Waals surface area contributed by atoms with Gasteiger partial charge >= 0.3 is 0 Å². The summed E-state index contributed by atoms with van der Waals surface area (Å²) in [5.41, 5.74) is 0.137. The maximum absolute atomic E-state index is 13.1. The molecule has 2 aromatic rings. The van der Waals surface area contributed by atoms with Gasteiger partial charge in [-0.15, -0.1) is 11.3 Å². The molecule has 0 radical (unpaired) electrons. The Bertz CT molecular complexity index is 623. The SMILES string of the molecule is CC(C)(C)c1ccc(C(=O)c2ccc(F)c(F)c2)s1. The van der Waals surface area contributed by atoms with Gasteiger partial charge in [0.1, 0.15) is 0 Å². The van der Waals surface area contributed by atoms with Crippen molar-refractivity contribution in [3.63, 3.8) is 0 Å². The predicted octanol–water partition coefficient (Wildman–Crippen LogP) is 4.55. The largest absolute Gasteiger partial charge is 0.288 e. The molecule has 4 heteroatoms. The Hall–Kier alpha value is -1.55. The predicted molar refractivity (Wildman–Crippen MR) is 72.8 cm³/mol. The summed E-state index contributed by atoms with van der Waals surface area (Å²) in [6.07, 6.45) is 0. The number of rotatable bonds is 2. The van der Waals surface area contributed by atoms with Gasteiger partial charge in [0.05, 0.1) is 4.88 Å². The standard InChI is InChI=1S/C15H14F2OS/c1-15(2,3)13-7-6-12(19-13)14(18)9-4-5-10(16)11(17)8-9/h4-8H,1-3H3. The Morgan fingerprint density at radius 2 is 1.74 bits per heavy atom. The number of carbonyl (C=O) groups excluding carboxylic acids is 1. The fraction of sp³-hybridized carbons (Fsp3) is 0.267. The number of ketones is 1. The second kappa shape index (κ2) is 4.85. The van der Waals surface area contributed by atoms with Crippen molar-refractivity contribution in [2.24, 2.45) is 0 Å². The summed E-state index contributed by atoms with van der Waals surface area (Å²) >= 11 is 1.39. The third-order valence-corrected chi connectivity index (χ3v) is 4.26. The van der Waals surface area contributed by atoms with Gasteiger partial charge in [0.15, 0.2) is 11.6 Å². The molecule has 0 unspecified atom stereocenters. The first kappa shape index (κ1) is 13.9. The highest BCUT2D eigenvalue weighted by Crippen LogP contribution is 2.30. The average Bonchev–Trinajstić information content (AvgIpc) is 2.81. The van der Waals surface area contributed by atoms with Crippen molar-refractivity contribution in [2.75, 3.05) is 0 Å². The van der Waals surface area contributed by atoms with E-state index < -0.39 is 11.6 Å². The van der Waals surface area contributed by atoms with Crippen LogP contribution in [0.15, 0.2) is 30.3 Å². The molecule has 0 fully saturated rings. The second-order valence-electron chi connectivity index (χ2n) is 5.37. The summed E-state index contributed by atoms with van der Waals surface area (Å²) < 4.78 is 26.0. The average molecular weight is 280 g/mol. The first-order valence-electron chi connectivity index (χ1n) is 5.89. The number of benzene rings is 1. The first-order chi connectivity index (χ1) is 8.79. The number of hydrogen-bond acceptors (Lipinski definition) is 2. The second-order valence-corrected chi connectivity index (χ2v) is 6.46. The van der Waals surface area contributed by atoms with E-state index in [1.807, 2.05) is 6.07 Å². The summed E-state index contributed by atoms with van der Waals surface area (Å²) in [7, 11) is 0. The lowest BCUT2D eigenvalue weighted by molar-refractivity contribution is 0.104. The molecule has 0 saturated carbocycles. The van der Waals surface area contributed by atoms with E-state index in [0.29, 0.717) is 4.88 Å². The summed E-state index contributed by atoms with van der Waals surface area (Å²) in [4.78, 5) is 13.8. The van der Waals surface area contributed by atoms with Gasteiger partial charge in [0.25, 0.3) is 0 Å². The van der Waals surface area contributed by atoms with Gasteiger partial charge in [-0.25, -0.2) is 8.78 Å².